The van der Waals surface area contributed by atoms with E-state index in [1.165, 1.54) is 0 Å². The fourth-order valence-corrected chi connectivity index (χ4v) is 3.56. The highest BCUT2D eigenvalue weighted by Gasteiger charge is 2.19. The number of rotatable bonds is 0. The van der Waals surface area contributed by atoms with Gasteiger partial charge in [-0.15, -0.1) is 0 Å². The molecule has 3 heteroatoms. The molecule has 2 aromatic carbocycles. The molecule has 0 bridgehead atoms. The number of furan rings is 1. The van der Waals surface area contributed by atoms with Gasteiger partial charge in [-0.3, -0.25) is 0 Å². The predicted molar refractivity (Wildman–Crippen MR) is 99.2 cm³/mol. The Morgan fingerprint density at radius 1 is 1.09 bits per heavy atom. The van der Waals surface area contributed by atoms with E-state index in [1.54, 1.807) is 0 Å². The van der Waals surface area contributed by atoms with Crippen LogP contribution in [0.15, 0.2) is 65.6 Å². The molecule has 0 spiro atoms. The first-order chi connectivity index (χ1) is 10.8. The summed E-state index contributed by atoms with van der Waals surface area (Å²) in [5.74, 6) is 0.841. The maximum Gasteiger partial charge on any atom is 0.152 e. The van der Waals surface area contributed by atoms with Gasteiger partial charge in [0.1, 0.15) is 17.9 Å². The monoisotopic (exact) mass is 400 g/mol. The lowest BCUT2D eigenvalue weighted by Gasteiger charge is -2.12. The summed E-state index contributed by atoms with van der Waals surface area (Å²) in [5.41, 5.74) is 3.72. The molecule has 0 amide bonds. The van der Waals surface area contributed by atoms with Gasteiger partial charge in [0.2, 0.25) is 0 Å². The lowest BCUT2D eigenvalue weighted by Crippen LogP contribution is -1.99. The van der Waals surface area contributed by atoms with Crippen molar-refractivity contribution in [2.24, 2.45) is 0 Å². The van der Waals surface area contributed by atoms with Crippen molar-refractivity contribution in [3.63, 3.8) is 0 Å². The van der Waals surface area contributed by atoms with E-state index < -0.39 is 0 Å². The first kappa shape index (κ1) is 13.6. The quantitative estimate of drug-likeness (QED) is 0.451. The van der Waals surface area contributed by atoms with Gasteiger partial charge >= 0.3 is 0 Å². The van der Waals surface area contributed by atoms with Crippen LogP contribution in [0, 0.1) is 3.57 Å². The lowest BCUT2D eigenvalue weighted by molar-refractivity contribution is 0.359. The van der Waals surface area contributed by atoms with Crippen molar-refractivity contribution in [1.29, 1.82) is 0 Å². The summed E-state index contributed by atoms with van der Waals surface area (Å²) in [6, 6.07) is 10.2. The number of allylic oxidation sites excluding steroid dienone is 4. The molecule has 22 heavy (non-hydrogen) atoms. The van der Waals surface area contributed by atoms with E-state index in [-0.39, 0.29) is 0 Å². The van der Waals surface area contributed by atoms with E-state index in [4.69, 9.17) is 9.15 Å². The van der Waals surface area contributed by atoms with Crippen LogP contribution in [0.1, 0.15) is 5.56 Å². The lowest BCUT2D eigenvalue weighted by atomic mass is 10.0. The molecule has 1 aliphatic heterocycles. The van der Waals surface area contributed by atoms with Crippen LogP contribution in [-0.4, -0.2) is 6.61 Å². The predicted octanol–water partition coefficient (Wildman–Crippen LogP) is 5.71. The minimum Gasteiger partial charge on any atom is -0.488 e. The average molecular weight is 400 g/mol. The van der Waals surface area contributed by atoms with E-state index in [0.717, 1.165) is 42.4 Å². The molecule has 0 saturated heterocycles. The third-order valence-electron chi connectivity index (χ3n) is 3.78. The molecular formula is C19H13IO2. The number of fused-ring (bicyclic) bond motifs is 4. The van der Waals surface area contributed by atoms with Crippen LogP contribution >= 0.6 is 22.6 Å². The zero-order valence-electron chi connectivity index (χ0n) is 11.8. The summed E-state index contributed by atoms with van der Waals surface area (Å²) in [7, 11) is 0. The summed E-state index contributed by atoms with van der Waals surface area (Å²) >= 11 is 2.30. The molecule has 0 atom stereocenters. The van der Waals surface area contributed by atoms with Gasteiger partial charge in [0, 0.05) is 16.3 Å². The first-order valence-corrected chi connectivity index (χ1v) is 8.12. The third kappa shape index (κ3) is 2.08. The smallest absolute Gasteiger partial charge is 0.152 e. The van der Waals surface area contributed by atoms with Crippen molar-refractivity contribution in [1.82, 2.24) is 0 Å². The summed E-state index contributed by atoms with van der Waals surface area (Å²) in [4.78, 5) is 0. The molecule has 0 radical (unpaired) electrons. The largest absolute Gasteiger partial charge is 0.488 e. The van der Waals surface area contributed by atoms with Gasteiger partial charge < -0.3 is 9.15 Å². The zero-order chi connectivity index (χ0) is 15.1. The topological polar surface area (TPSA) is 22.4 Å². The summed E-state index contributed by atoms with van der Waals surface area (Å²) in [6.07, 6.45) is 7.96. The Balaban J connectivity index is 2.09. The van der Waals surface area contributed by atoms with Crippen LogP contribution in [0.25, 0.3) is 27.5 Å². The molecule has 108 valence electrons. The second-order valence-electron chi connectivity index (χ2n) is 5.17. The molecule has 0 unspecified atom stereocenters. The van der Waals surface area contributed by atoms with Crippen molar-refractivity contribution in [3.05, 3.63) is 70.3 Å². The molecule has 3 aromatic rings. The fraction of sp³-hybridized carbons (Fsp3) is 0.0526. The van der Waals surface area contributed by atoms with E-state index >= 15 is 0 Å². The van der Waals surface area contributed by atoms with E-state index in [9.17, 15) is 0 Å². The Kier molecular flexibility index (Phi) is 3.30. The van der Waals surface area contributed by atoms with Crippen LogP contribution in [0.4, 0.5) is 0 Å². The second-order valence-corrected chi connectivity index (χ2v) is 6.24. The normalized spacial score (nSPS) is 17.4. The molecule has 0 fully saturated rings. The second kappa shape index (κ2) is 5.32. The highest BCUT2D eigenvalue weighted by molar-refractivity contribution is 14.1. The van der Waals surface area contributed by atoms with Crippen molar-refractivity contribution >= 4 is 50.1 Å². The Morgan fingerprint density at radius 2 is 1.95 bits per heavy atom. The molecule has 2 nitrogen and oxygen atoms in total. The first-order valence-electron chi connectivity index (χ1n) is 7.05. The van der Waals surface area contributed by atoms with Gasteiger partial charge in [0.05, 0.1) is 3.57 Å². The minimum atomic E-state index is 0.534. The SMILES string of the molecule is C=C1/C=C\C=C/COc2c1cc1c(oc3ccccc31)c2I. The van der Waals surface area contributed by atoms with Gasteiger partial charge in [-0.25, -0.2) is 0 Å². The summed E-state index contributed by atoms with van der Waals surface area (Å²) < 4.78 is 13.0. The van der Waals surface area contributed by atoms with Crippen molar-refractivity contribution in [3.8, 4) is 5.75 Å². The summed E-state index contributed by atoms with van der Waals surface area (Å²) in [6.45, 7) is 4.71. The number of para-hydroxylation sites is 1. The molecule has 0 saturated carbocycles. The van der Waals surface area contributed by atoms with Gasteiger partial charge in [0.25, 0.3) is 0 Å². The van der Waals surface area contributed by atoms with Gasteiger partial charge in [-0.1, -0.05) is 43.0 Å². The van der Waals surface area contributed by atoms with Crippen LogP contribution in [0.2, 0.25) is 0 Å². The minimum absolute atomic E-state index is 0.534. The number of halogens is 1. The Bertz CT molecular complexity index is 960. The number of hydrogen-bond donors (Lipinski definition) is 0. The average Bonchev–Trinajstić information content (AvgIpc) is 2.93. The number of hydrogen-bond acceptors (Lipinski definition) is 2. The Labute approximate surface area is 141 Å². The van der Waals surface area contributed by atoms with Gasteiger partial charge in [-0.2, -0.15) is 0 Å². The van der Waals surface area contributed by atoms with Crippen LogP contribution in [0.3, 0.4) is 0 Å². The third-order valence-corrected chi connectivity index (χ3v) is 4.76. The van der Waals surface area contributed by atoms with Crippen molar-refractivity contribution in [2.75, 3.05) is 6.61 Å². The van der Waals surface area contributed by atoms with E-state index in [0.29, 0.717) is 6.61 Å². The standard InChI is InChI=1S/C19H13IO2/c1-12-7-3-2-6-10-21-18-14(12)11-15-13-8-4-5-9-16(13)22-19(15)17(18)20/h2-9,11H,1,10H2/b6-2-,7-3-. The molecule has 1 aliphatic rings. The van der Waals surface area contributed by atoms with Crippen molar-refractivity contribution in [2.45, 2.75) is 0 Å². The van der Waals surface area contributed by atoms with Crippen LogP contribution in [-0.2, 0) is 0 Å². The number of benzene rings is 2. The van der Waals surface area contributed by atoms with Gasteiger partial charge in [-0.05, 0) is 46.4 Å². The van der Waals surface area contributed by atoms with E-state index in [1.807, 2.05) is 42.5 Å². The maximum atomic E-state index is 6.03. The molecule has 2 heterocycles. The highest BCUT2D eigenvalue weighted by atomic mass is 127. The summed E-state index contributed by atoms with van der Waals surface area (Å²) in [5, 5.41) is 2.22. The number of ether oxygens (including phenoxy) is 1. The van der Waals surface area contributed by atoms with E-state index in [2.05, 4.69) is 41.3 Å². The molecule has 1 aromatic heterocycles. The fourth-order valence-electron chi connectivity index (χ4n) is 2.71. The van der Waals surface area contributed by atoms with Crippen LogP contribution < -0.4 is 4.74 Å². The zero-order valence-corrected chi connectivity index (χ0v) is 14.0. The molecular weight excluding hydrogens is 387 g/mol. The Morgan fingerprint density at radius 3 is 2.86 bits per heavy atom. The Hall–Kier alpha value is -2.01. The molecule has 0 aliphatic carbocycles. The maximum absolute atomic E-state index is 6.03. The van der Waals surface area contributed by atoms with Crippen molar-refractivity contribution < 1.29 is 9.15 Å². The van der Waals surface area contributed by atoms with Gasteiger partial charge in [0.15, 0.2) is 5.58 Å². The molecule has 4 rings (SSSR count). The highest BCUT2D eigenvalue weighted by Crippen LogP contribution is 2.41. The van der Waals surface area contributed by atoms with Crippen LogP contribution in [0.5, 0.6) is 5.75 Å². The molecule has 0 N–H and O–H groups in total.